The summed E-state index contributed by atoms with van der Waals surface area (Å²) in [6.45, 7) is 5.01. The number of benzene rings is 2. The SMILES string of the molecule is CC(CCCNC(=O)OCC1c2ccccc2-c2ccccc21)C(=O)N1CC[C@H](C(=O)O)C[C@@H]1C. The van der Waals surface area contributed by atoms with Crippen molar-refractivity contribution in [2.24, 2.45) is 11.8 Å². The van der Waals surface area contributed by atoms with E-state index in [1.54, 1.807) is 0 Å². The average molecular weight is 479 g/mol. The summed E-state index contributed by atoms with van der Waals surface area (Å²) in [5.41, 5.74) is 4.74. The fourth-order valence-corrected chi connectivity index (χ4v) is 5.38. The number of carbonyl (C=O) groups excluding carboxylic acids is 2. The molecule has 35 heavy (non-hydrogen) atoms. The maximum atomic E-state index is 12.8. The number of amides is 2. The van der Waals surface area contributed by atoms with Crippen LogP contribution in [0.15, 0.2) is 48.5 Å². The normalized spacial score (nSPS) is 20.0. The number of hydrogen-bond acceptors (Lipinski definition) is 4. The largest absolute Gasteiger partial charge is 0.481 e. The van der Waals surface area contributed by atoms with Crippen LogP contribution in [0.3, 0.4) is 0 Å². The lowest BCUT2D eigenvalue weighted by Gasteiger charge is -2.37. The van der Waals surface area contributed by atoms with Gasteiger partial charge in [-0.1, -0.05) is 55.5 Å². The van der Waals surface area contributed by atoms with Gasteiger partial charge in [0, 0.05) is 31.0 Å². The number of hydrogen-bond donors (Lipinski definition) is 2. The number of carboxylic acids is 1. The van der Waals surface area contributed by atoms with Crippen LogP contribution in [0.2, 0.25) is 0 Å². The van der Waals surface area contributed by atoms with E-state index in [1.807, 2.05) is 43.0 Å². The summed E-state index contributed by atoms with van der Waals surface area (Å²) in [6, 6.07) is 16.4. The minimum Gasteiger partial charge on any atom is -0.481 e. The number of likely N-dealkylation sites (tertiary alicyclic amines) is 1. The number of piperidine rings is 1. The zero-order valence-electron chi connectivity index (χ0n) is 20.4. The third-order valence-corrected chi connectivity index (χ3v) is 7.36. The molecular formula is C28H34N2O5. The quantitative estimate of drug-likeness (QED) is 0.539. The van der Waals surface area contributed by atoms with Crippen molar-refractivity contribution in [3.8, 4) is 11.1 Å². The molecule has 1 heterocycles. The summed E-state index contributed by atoms with van der Waals surface area (Å²) in [4.78, 5) is 38.2. The number of nitrogens with one attached hydrogen (secondary N) is 1. The van der Waals surface area contributed by atoms with E-state index in [2.05, 4.69) is 29.6 Å². The van der Waals surface area contributed by atoms with Gasteiger partial charge in [0.25, 0.3) is 0 Å². The van der Waals surface area contributed by atoms with Crippen molar-refractivity contribution in [1.82, 2.24) is 10.2 Å². The van der Waals surface area contributed by atoms with Crippen molar-refractivity contribution in [2.45, 2.75) is 51.5 Å². The van der Waals surface area contributed by atoms with E-state index < -0.39 is 12.1 Å². The molecule has 0 aromatic heterocycles. The molecule has 4 rings (SSSR count). The Morgan fingerprint density at radius 2 is 1.71 bits per heavy atom. The number of alkyl carbamates (subject to hydrolysis) is 1. The standard InChI is InChI=1S/C28H34N2O5/c1-18(26(31)30-15-13-20(27(32)33)16-19(30)2)8-7-14-29-28(34)35-17-25-23-11-5-3-9-21(23)22-10-4-6-12-24(22)25/h3-6,9-12,18-20,25H,7-8,13-17H2,1-2H3,(H,29,34)(H,32,33)/t18?,19-,20-/m0/s1. The first-order valence-corrected chi connectivity index (χ1v) is 12.5. The van der Waals surface area contributed by atoms with Gasteiger partial charge in [0.2, 0.25) is 5.91 Å². The van der Waals surface area contributed by atoms with Crippen LogP contribution < -0.4 is 5.32 Å². The van der Waals surface area contributed by atoms with Crippen LogP contribution in [0.5, 0.6) is 0 Å². The highest BCUT2D eigenvalue weighted by molar-refractivity contribution is 5.80. The lowest BCUT2D eigenvalue weighted by molar-refractivity contribution is -0.148. The van der Waals surface area contributed by atoms with E-state index in [-0.39, 0.29) is 36.3 Å². The van der Waals surface area contributed by atoms with Crippen LogP contribution >= 0.6 is 0 Å². The summed E-state index contributed by atoms with van der Waals surface area (Å²) in [6.07, 6.45) is 1.86. The summed E-state index contributed by atoms with van der Waals surface area (Å²) < 4.78 is 5.56. The topological polar surface area (TPSA) is 95.9 Å². The summed E-state index contributed by atoms with van der Waals surface area (Å²) in [7, 11) is 0. The van der Waals surface area contributed by atoms with E-state index in [0.29, 0.717) is 38.8 Å². The van der Waals surface area contributed by atoms with Gasteiger partial charge in [0.1, 0.15) is 6.61 Å². The molecule has 1 saturated heterocycles. The highest BCUT2D eigenvalue weighted by Crippen LogP contribution is 2.44. The zero-order chi connectivity index (χ0) is 24.9. The van der Waals surface area contributed by atoms with Gasteiger partial charge in [-0.25, -0.2) is 4.79 Å². The Labute approximate surface area is 206 Å². The predicted molar refractivity (Wildman–Crippen MR) is 133 cm³/mol. The molecule has 2 amide bonds. The van der Waals surface area contributed by atoms with Gasteiger partial charge in [-0.15, -0.1) is 0 Å². The van der Waals surface area contributed by atoms with E-state index >= 15 is 0 Å². The maximum Gasteiger partial charge on any atom is 0.407 e. The number of aliphatic carboxylic acids is 1. The molecule has 2 aromatic carbocycles. The third kappa shape index (κ3) is 5.50. The van der Waals surface area contributed by atoms with Crippen molar-refractivity contribution < 1.29 is 24.2 Å². The first-order chi connectivity index (χ1) is 16.9. The Morgan fingerprint density at radius 3 is 2.31 bits per heavy atom. The second-order valence-corrected chi connectivity index (χ2v) is 9.74. The Morgan fingerprint density at radius 1 is 1.09 bits per heavy atom. The molecule has 0 spiro atoms. The molecule has 2 aromatic rings. The Hall–Kier alpha value is -3.35. The lowest BCUT2D eigenvalue weighted by atomic mass is 9.90. The number of carboxylic acid groups (broad SMARTS) is 1. The zero-order valence-corrected chi connectivity index (χ0v) is 20.4. The van der Waals surface area contributed by atoms with Crippen LogP contribution in [0.1, 0.15) is 56.6 Å². The van der Waals surface area contributed by atoms with E-state index in [0.717, 1.165) is 0 Å². The maximum absolute atomic E-state index is 12.8. The van der Waals surface area contributed by atoms with Crippen molar-refractivity contribution in [3.05, 3.63) is 59.7 Å². The molecular weight excluding hydrogens is 444 g/mol. The molecule has 0 radical (unpaired) electrons. The van der Waals surface area contributed by atoms with Gasteiger partial charge in [-0.2, -0.15) is 0 Å². The van der Waals surface area contributed by atoms with Gasteiger partial charge in [0.05, 0.1) is 5.92 Å². The fourth-order valence-electron chi connectivity index (χ4n) is 5.38. The van der Waals surface area contributed by atoms with Crippen LogP contribution in [0.4, 0.5) is 4.79 Å². The first-order valence-electron chi connectivity index (χ1n) is 12.5. The number of ether oxygens (including phenoxy) is 1. The van der Waals surface area contributed by atoms with Gasteiger partial charge < -0.3 is 20.1 Å². The van der Waals surface area contributed by atoms with E-state index in [4.69, 9.17) is 4.74 Å². The number of carbonyl (C=O) groups is 3. The second-order valence-electron chi connectivity index (χ2n) is 9.74. The minimum atomic E-state index is -0.781. The molecule has 1 aliphatic carbocycles. The second kappa shape index (κ2) is 10.9. The smallest absolute Gasteiger partial charge is 0.407 e. The molecule has 2 N–H and O–H groups in total. The number of nitrogens with zero attached hydrogens (tertiary/aromatic N) is 1. The van der Waals surface area contributed by atoms with Gasteiger partial charge in [-0.3, -0.25) is 9.59 Å². The molecule has 1 aliphatic heterocycles. The van der Waals surface area contributed by atoms with Crippen LogP contribution in [-0.2, 0) is 14.3 Å². The Balaban J connectivity index is 1.19. The van der Waals surface area contributed by atoms with Crippen LogP contribution in [-0.4, -0.2) is 53.7 Å². The number of fused-ring (bicyclic) bond motifs is 3. The van der Waals surface area contributed by atoms with Crippen molar-refractivity contribution in [2.75, 3.05) is 19.7 Å². The third-order valence-electron chi connectivity index (χ3n) is 7.36. The molecule has 186 valence electrons. The molecule has 0 bridgehead atoms. The summed E-state index contributed by atoms with van der Waals surface area (Å²) >= 11 is 0. The van der Waals surface area contributed by atoms with E-state index in [9.17, 15) is 19.5 Å². The lowest BCUT2D eigenvalue weighted by Crippen LogP contribution is -2.48. The highest BCUT2D eigenvalue weighted by atomic mass is 16.5. The molecule has 0 saturated carbocycles. The molecule has 1 unspecified atom stereocenters. The van der Waals surface area contributed by atoms with Crippen molar-refractivity contribution in [1.29, 1.82) is 0 Å². The highest BCUT2D eigenvalue weighted by Gasteiger charge is 2.33. The van der Waals surface area contributed by atoms with E-state index in [1.165, 1.54) is 22.3 Å². The van der Waals surface area contributed by atoms with Crippen molar-refractivity contribution >= 4 is 18.0 Å². The minimum absolute atomic E-state index is 0.0260. The van der Waals surface area contributed by atoms with Gasteiger partial charge in [0.15, 0.2) is 0 Å². The molecule has 7 heteroatoms. The van der Waals surface area contributed by atoms with Crippen molar-refractivity contribution in [3.63, 3.8) is 0 Å². The Bertz CT molecular complexity index is 1040. The van der Waals surface area contributed by atoms with Crippen LogP contribution in [0.25, 0.3) is 11.1 Å². The van der Waals surface area contributed by atoms with Crippen LogP contribution in [0, 0.1) is 11.8 Å². The number of rotatable bonds is 8. The predicted octanol–water partition coefficient (Wildman–Crippen LogP) is 4.65. The summed E-state index contributed by atoms with van der Waals surface area (Å²) in [5.74, 6) is -1.24. The average Bonchev–Trinajstić information content (AvgIpc) is 3.18. The monoisotopic (exact) mass is 478 g/mol. The first kappa shape index (κ1) is 24.8. The molecule has 7 nitrogen and oxygen atoms in total. The molecule has 1 fully saturated rings. The summed E-state index contributed by atoms with van der Waals surface area (Å²) in [5, 5.41) is 12.0. The van der Waals surface area contributed by atoms with Gasteiger partial charge >= 0.3 is 12.1 Å². The Kier molecular flexibility index (Phi) is 7.73. The fraction of sp³-hybridized carbons (Fsp3) is 0.464. The molecule has 2 aliphatic rings. The van der Waals surface area contributed by atoms with Gasteiger partial charge in [-0.05, 0) is 54.9 Å². The molecule has 3 atom stereocenters.